The molecule has 28 heavy (non-hydrogen) atoms. The van der Waals surface area contributed by atoms with Crippen LogP contribution in [0.25, 0.3) is 5.65 Å². The highest BCUT2D eigenvalue weighted by Crippen LogP contribution is 2.28. The fourth-order valence-electron chi connectivity index (χ4n) is 3.37. The number of aliphatic imine (C=N–C) groups is 1. The van der Waals surface area contributed by atoms with Gasteiger partial charge in [0.1, 0.15) is 0 Å². The van der Waals surface area contributed by atoms with Gasteiger partial charge in [-0.3, -0.25) is 9.39 Å². The van der Waals surface area contributed by atoms with Crippen LogP contribution in [0.2, 0.25) is 0 Å². The minimum atomic E-state index is 0. The molecule has 1 unspecified atom stereocenters. The van der Waals surface area contributed by atoms with E-state index in [1.165, 1.54) is 5.69 Å². The lowest BCUT2D eigenvalue weighted by molar-refractivity contribution is 0.644. The Kier molecular flexibility index (Phi) is 7.11. The molecular formula is C19H23BrIN7. The molecule has 9 heteroatoms. The van der Waals surface area contributed by atoms with Gasteiger partial charge >= 0.3 is 0 Å². The van der Waals surface area contributed by atoms with Crippen molar-refractivity contribution in [2.45, 2.75) is 19.0 Å². The van der Waals surface area contributed by atoms with Crippen LogP contribution < -0.4 is 15.5 Å². The Morgan fingerprint density at radius 3 is 2.86 bits per heavy atom. The van der Waals surface area contributed by atoms with Gasteiger partial charge in [-0.1, -0.05) is 18.2 Å². The minimum Gasteiger partial charge on any atom is -0.368 e. The summed E-state index contributed by atoms with van der Waals surface area (Å²) >= 11 is 3.64. The van der Waals surface area contributed by atoms with E-state index in [-0.39, 0.29) is 24.0 Å². The summed E-state index contributed by atoms with van der Waals surface area (Å²) in [5.41, 5.74) is 2.08. The fraction of sp³-hybridized carbons (Fsp3) is 0.316. The van der Waals surface area contributed by atoms with Crippen LogP contribution in [0.15, 0.2) is 58.1 Å². The number of nitrogens with one attached hydrogen (secondary N) is 2. The molecule has 0 aliphatic carbocycles. The predicted molar refractivity (Wildman–Crippen MR) is 126 cm³/mol. The van der Waals surface area contributed by atoms with E-state index in [1.54, 1.807) is 7.05 Å². The molecule has 0 spiro atoms. The lowest BCUT2D eigenvalue weighted by Crippen LogP contribution is -2.44. The zero-order valence-corrected chi connectivity index (χ0v) is 19.5. The topological polar surface area (TPSA) is 69.8 Å². The second kappa shape index (κ2) is 9.55. The largest absolute Gasteiger partial charge is 0.368 e. The third-order valence-corrected chi connectivity index (χ3v) is 5.41. The molecule has 1 fully saturated rings. The molecule has 0 bridgehead atoms. The molecule has 3 aromatic rings. The maximum Gasteiger partial charge on any atom is 0.191 e. The van der Waals surface area contributed by atoms with Crippen LogP contribution in [0.3, 0.4) is 0 Å². The number of fused-ring (bicyclic) bond motifs is 1. The van der Waals surface area contributed by atoms with Crippen molar-refractivity contribution in [2.24, 2.45) is 4.99 Å². The summed E-state index contributed by atoms with van der Waals surface area (Å²) in [5, 5.41) is 15.3. The van der Waals surface area contributed by atoms with Crippen LogP contribution in [0, 0.1) is 0 Å². The number of aromatic nitrogens is 3. The normalized spacial score (nSPS) is 16.9. The van der Waals surface area contributed by atoms with Crippen molar-refractivity contribution in [2.75, 3.05) is 25.0 Å². The first-order chi connectivity index (χ1) is 13.2. The Morgan fingerprint density at radius 2 is 2.04 bits per heavy atom. The maximum atomic E-state index is 4.36. The Bertz CT molecular complexity index is 958. The molecule has 1 aromatic carbocycles. The molecule has 0 radical (unpaired) electrons. The van der Waals surface area contributed by atoms with Crippen molar-refractivity contribution in [3.63, 3.8) is 0 Å². The van der Waals surface area contributed by atoms with Crippen LogP contribution in [-0.2, 0) is 6.54 Å². The van der Waals surface area contributed by atoms with Gasteiger partial charge in [-0.2, -0.15) is 0 Å². The quantitative estimate of drug-likeness (QED) is 0.294. The molecule has 1 atom stereocenters. The van der Waals surface area contributed by atoms with E-state index in [1.807, 2.05) is 34.9 Å². The number of pyridine rings is 1. The highest BCUT2D eigenvalue weighted by atomic mass is 127. The molecule has 0 amide bonds. The van der Waals surface area contributed by atoms with Crippen LogP contribution in [0.1, 0.15) is 12.2 Å². The summed E-state index contributed by atoms with van der Waals surface area (Å²) in [5.74, 6) is 1.64. The Hall–Kier alpha value is -1.88. The summed E-state index contributed by atoms with van der Waals surface area (Å²) in [7, 11) is 1.79. The second-order valence-corrected chi connectivity index (χ2v) is 7.35. The molecule has 148 valence electrons. The number of nitrogens with zero attached hydrogens (tertiary/aromatic N) is 5. The molecule has 2 aromatic heterocycles. The standard InChI is InChI=1S/C19H22BrN7.HI/c1-21-19(22-12-18-25-24-17-8-4-5-10-27(17)18)23-14-9-11-26(13-14)16-7-3-2-6-15(16)20;/h2-8,10,14H,9,11-13H2,1H3,(H2,21,22,23);1H. The number of guanidine groups is 1. The molecule has 1 aliphatic rings. The number of para-hydroxylation sites is 1. The van der Waals surface area contributed by atoms with E-state index in [9.17, 15) is 0 Å². The Labute approximate surface area is 189 Å². The lowest BCUT2D eigenvalue weighted by atomic mass is 10.3. The molecule has 1 saturated heterocycles. The Balaban J connectivity index is 0.00000225. The monoisotopic (exact) mass is 555 g/mol. The highest BCUT2D eigenvalue weighted by molar-refractivity contribution is 14.0. The summed E-state index contributed by atoms with van der Waals surface area (Å²) in [4.78, 5) is 6.75. The molecule has 2 N–H and O–H groups in total. The van der Waals surface area contributed by atoms with Crippen LogP contribution >= 0.6 is 39.9 Å². The highest BCUT2D eigenvalue weighted by Gasteiger charge is 2.24. The van der Waals surface area contributed by atoms with Crippen molar-refractivity contribution in [3.8, 4) is 0 Å². The van der Waals surface area contributed by atoms with Gasteiger partial charge in [-0.15, -0.1) is 34.2 Å². The first-order valence-corrected chi connectivity index (χ1v) is 9.79. The molecule has 1 aliphatic heterocycles. The van der Waals surface area contributed by atoms with Crippen molar-refractivity contribution in [1.29, 1.82) is 0 Å². The van der Waals surface area contributed by atoms with Crippen LogP contribution in [-0.4, -0.2) is 46.7 Å². The van der Waals surface area contributed by atoms with Gasteiger partial charge < -0.3 is 15.5 Å². The fourth-order valence-corrected chi connectivity index (χ4v) is 3.90. The van der Waals surface area contributed by atoms with Gasteiger partial charge in [0.25, 0.3) is 0 Å². The average Bonchev–Trinajstić information content (AvgIpc) is 3.32. The van der Waals surface area contributed by atoms with Gasteiger partial charge in [-0.25, -0.2) is 0 Å². The molecule has 3 heterocycles. The van der Waals surface area contributed by atoms with E-state index in [0.717, 1.165) is 41.4 Å². The predicted octanol–water partition coefficient (Wildman–Crippen LogP) is 3.05. The SMILES string of the molecule is CN=C(NCc1nnc2ccccn12)NC1CCN(c2ccccc2Br)C1.I. The summed E-state index contributed by atoms with van der Waals surface area (Å²) in [6, 6.07) is 14.6. The number of hydrogen-bond acceptors (Lipinski definition) is 4. The van der Waals surface area contributed by atoms with Gasteiger partial charge in [0.2, 0.25) is 0 Å². The number of benzene rings is 1. The Morgan fingerprint density at radius 1 is 1.21 bits per heavy atom. The summed E-state index contributed by atoms with van der Waals surface area (Å²) in [6.45, 7) is 2.52. The van der Waals surface area contributed by atoms with Crippen LogP contribution in [0.5, 0.6) is 0 Å². The second-order valence-electron chi connectivity index (χ2n) is 6.50. The number of rotatable bonds is 4. The van der Waals surface area contributed by atoms with Crippen molar-refractivity contribution < 1.29 is 0 Å². The first kappa shape index (κ1) is 20.8. The number of halogens is 2. The lowest BCUT2D eigenvalue weighted by Gasteiger charge is -2.21. The van der Waals surface area contributed by atoms with Crippen LogP contribution in [0.4, 0.5) is 5.69 Å². The zero-order valence-electron chi connectivity index (χ0n) is 15.5. The van der Waals surface area contributed by atoms with Gasteiger partial charge in [0.15, 0.2) is 17.4 Å². The van der Waals surface area contributed by atoms with Gasteiger partial charge in [0, 0.05) is 36.8 Å². The van der Waals surface area contributed by atoms with Crippen molar-refractivity contribution >= 4 is 57.2 Å². The molecule has 4 rings (SSSR count). The summed E-state index contributed by atoms with van der Waals surface area (Å²) in [6.07, 6.45) is 3.03. The first-order valence-electron chi connectivity index (χ1n) is 9.00. The number of hydrogen-bond donors (Lipinski definition) is 2. The third-order valence-electron chi connectivity index (χ3n) is 4.74. The maximum absolute atomic E-state index is 4.36. The molecular weight excluding hydrogens is 533 g/mol. The number of anilines is 1. The smallest absolute Gasteiger partial charge is 0.191 e. The third kappa shape index (κ3) is 4.57. The average molecular weight is 556 g/mol. The van der Waals surface area contributed by atoms with E-state index in [2.05, 4.69) is 64.9 Å². The molecule has 0 saturated carbocycles. The van der Waals surface area contributed by atoms with Crippen molar-refractivity contribution in [1.82, 2.24) is 25.2 Å². The van der Waals surface area contributed by atoms with E-state index < -0.39 is 0 Å². The van der Waals surface area contributed by atoms with Gasteiger partial charge in [-0.05, 0) is 46.6 Å². The summed E-state index contributed by atoms with van der Waals surface area (Å²) < 4.78 is 3.11. The zero-order chi connectivity index (χ0) is 18.6. The van der Waals surface area contributed by atoms with E-state index in [0.29, 0.717) is 12.6 Å². The molecule has 7 nitrogen and oxygen atoms in total. The van der Waals surface area contributed by atoms with Crippen molar-refractivity contribution in [3.05, 3.63) is 59.0 Å². The minimum absolute atomic E-state index is 0. The van der Waals surface area contributed by atoms with Gasteiger partial charge in [0.05, 0.1) is 12.2 Å². The van der Waals surface area contributed by atoms with E-state index in [4.69, 9.17) is 0 Å². The van der Waals surface area contributed by atoms with E-state index >= 15 is 0 Å².